The number of carbonyl (C=O) groups excluding carboxylic acids is 2. The van der Waals surface area contributed by atoms with Gasteiger partial charge in [-0.1, -0.05) is 6.07 Å². The van der Waals surface area contributed by atoms with E-state index in [-0.39, 0.29) is 24.6 Å². The van der Waals surface area contributed by atoms with Gasteiger partial charge in [0.05, 0.1) is 19.8 Å². The minimum Gasteiger partial charge on any atom is -0.378 e. The average Bonchev–Trinajstić information content (AvgIpc) is 2.97. The Hall–Kier alpha value is -2.22. The summed E-state index contributed by atoms with van der Waals surface area (Å²) in [5, 5.41) is 2.52. The van der Waals surface area contributed by atoms with Gasteiger partial charge in [-0.3, -0.25) is 4.79 Å². The van der Waals surface area contributed by atoms with Gasteiger partial charge in [0.1, 0.15) is 18.0 Å². The summed E-state index contributed by atoms with van der Waals surface area (Å²) >= 11 is 0. The Morgan fingerprint density at radius 3 is 2.71 bits per heavy atom. The van der Waals surface area contributed by atoms with Crippen molar-refractivity contribution in [3.8, 4) is 0 Å². The van der Waals surface area contributed by atoms with Gasteiger partial charge < -0.3 is 19.9 Å². The molecule has 0 bridgehead atoms. The lowest BCUT2D eigenvalue weighted by atomic mass is 10.1. The second kappa shape index (κ2) is 7.12. The summed E-state index contributed by atoms with van der Waals surface area (Å²) in [6.45, 7) is 1.60. The minimum absolute atomic E-state index is 0.0211. The summed E-state index contributed by atoms with van der Waals surface area (Å²) in [5.41, 5.74) is 0.264. The number of rotatable bonds is 2. The second-order valence-electron chi connectivity index (χ2n) is 5.88. The van der Waals surface area contributed by atoms with Crippen LogP contribution in [0.3, 0.4) is 0 Å². The van der Waals surface area contributed by atoms with Crippen molar-refractivity contribution in [2.24, 2.45) is 0 Å². The molecule has 0 aromatic heterocycles. The smallest absolute Gasteiger partial charge is 0.322 e. The van der Waals surface area contributed by atoms with Crippen molar-refractivity contribution in [3.63, 3.8) is 0 Å². The summed E-state index contributed by atoms with van der Waals surface area (Å²) in [5.74, 6) is -0.758. The molecule has 0 unspecified atom stereocenters. The maximum Gasteiger partial charge on any atom is 0.322 e. The number of nitrogens with zero attached hydrogens (tertiary/aromatic N) is 2. The fraction of sp³-hybridized carbons (Fsp3) is 0.500. The maximum atomic E-state index is 13.8. The monoisotopic (exact) mass is 339 g/mol. The van der Waals surface area contributed by atoms with Crippen molar-refractivity contribution >= 4 is 17.6 Å². The lowest BCUT2D eigenvalue weighted by molar-refractivity contribution is -0.139. The molecule has 1 aromatic rings. The number of halogens is 2. The van der Waals surface area contributed by atoms with Crippen LogP contribution in [0, 0.1) is 5.82 Å². The van der Waals surface area contributed by atoms with E-state index in [0.717, 1.165) is 0 Å². The van der Waals surface area contributed by atoms with E-state index in [0.29, 0.717) is 26.3 Å². The first kappa shape index (κ1) is 16.6. The van der Waals surface area contributed by atoms with Crippen LogP contribution in [0.2, 0.25) is 0 Å². The number of hydrogen-bond acceptors (Lipinski definition) is 3. The highest BCUT2D eigenvalue weighted by Crippen LogP contribution is 2.24. The Labute approximate surface area is 138 Å². The number of alkyl halides is 1. The zero-order valence-corrected chi connectivity index (χ0v) is 13.1. The van der Waals surface area contributed by atoms with Crippen LogP contribution in [0.25, 0.3) is 0 Å². The number of carbonyl (C=O) groups is 2. The Morgan fingerprint density at radius 2 is 2.00 bits per heavy atom. The fourth-order valence-electron chi connectivity index (χ4n) is 3.00. The lowest BCUT2D eigenvalue weighted by Crippen LogP contribution is -2.51. The molecule has 0 aliphatic carbocycles. The highest BCUT2D eigenvalue weighted by molar-refractivity contribution is 5.94. The van der Waals surface area contributed by atoms with E-state index in [1.165, 1.54) is 29.2 Å². The van der Waals surface area contributed by atoms with E-state index in [1.54, 1.807) is 4.90 Å². The summed E-state index contributed by atoms with van der Waals surface area (Å²) in [6.07, 6.45) is -1.27. The number of amides is 3. The predicted molar refractivity (Wildman–Crippen MR) is 82.8 cm³/mol. The van der Waals surface area contributed by atoms with E-state index in [4.69, 9.17) is 4.74 Å². The highest BCUT2D eigenvalue weighted by Gasteiger charge is 2.41. The van der Waals surface area contributed by atoms with E-state index < -0.39 is 24.1 Å². The number of likely N-dealkylation sites (tertiary alicyclic amines) is 1. The van der Waals surface area contributed by atoms with Crippen LogP contribution in [0.1, 0.15) is 6.42 Å². The van der Waals surface area contributed by atoms with Crippen LogP contribution in [-0.2, 0) is 9.53 Å². The number of urea groups is 1. The van der Waals surface area contributed by atoms with Gasteiger partial charge in [-0.05, 0) is 18.2 Å². The summed E-state index contributed by atoms with van der Waals surface area (Å²) in [4.78, 5) is 27.8. The predicted octanol–water partition coefficient (Wildman–Crippen LogP) is 1.63. The Morgan fingerprint density at radius 1 is 1.25 bits per heavy atom. The molecule has 2 fully saturated rings. The van der Waals surface area contributed by atoms with E-state index in [9.17, 15) is 18.4 Å². The fourth-order valence-corrected chi connectivity index (χ4v) is 3.00. The van der Waals surface area contributed by atoms with Gasteiger partial charge in [-0.15, -0.1) is 0 Å². The van der Waals surface area contributed by atoms with Gasteiger partial charge in [-0.2, -0.15) is 0 Å². The summed E-state index contributed by atoms with van der Waals surface area (Å²) < 4.78 is 32.2. The van der Waals surface area contributed by atoms with Crippen LogP contribution in [-0.4, -0.2) is 66.8 Å². The van der Waals surface area contributed by atoms with Crippen molar-refractivity contribution < 1.29 is 23.1 Å². The molecule has 2 aliphatic rings. The molecule has 1 N–H and O–H groups in total. The summed E-state index contributed by atoms with van der Waals surface area (Å²) in [6, 6.07) is 3.97. The molecule has 3 amide bonds. The van der Waals surface area contributed by atoms with Gasteiger partial charge in [-0.25, -0.2) is 13.6 Å². The molecule has 2 atom stereocenters. The minimum atomic E-state index is -1.25. The largest absolute Gasteiger partial charge is 0.378 e. The van der Waals surface area contributed by atoms with Gasteiger partial charge in [0.25, 0.3) is 0 Å². The van der Waals surface area contributed by atoms with Gasteiger partial charge in [0, 0.05) is 25.2 Å². The topological polar surface area (TPSA) is 61.9 Å². The molecule has 8 heteroatoms. The molecule has 2 aliphatic heterocycles. The standard InChI is InChI=1S/C16H19F2N3O3/c17-11-2-1-3-13(8-11)19-16(23)21-10-12(18)9-14(21)15(22)20-4-6-24-7-5-20/h1-3,8,12,14H,4-7,9-10H2,(H,19,23)/t12-,14-/m0/s1. The molecule has 6 nitrogen and oxygen atoms in total. The first-order valence-corrected chi connectivity index (χ1v) is 7.88. The van der Waals surface area contributed by atoms with Crippen molar-refractivity contribution in [1.82, 2.24) is 9.80 Å². The first-order chi connectivity index (χ1) is 11.5. The quantitative estimate of drug-likeness (QED) is 0.891. The molecule has 2 saturated heterocycles. The molecule has 24 heavy (non-hydrogen) atoms. The molecule has 130 valence electrons. The lowest BCUT2D eigenvalue weighted by Gasteiger charge is -2.32. The zero-order chi connectivity index (χ0) is 17.1. The van der Waals surface area contributed by atoms with Crippen molar-refractivity contribution in [2.45, 2.75) is 18.6 Å². The van der Waals surface area contributed by atoms with Gasteiger partial charge in [0.2, 0.25) is 5.91 Å². The van der Waals surface area contributed by atoms with E-state index >= 15 is 0 Å². The van der Waals surface area contributed by atoms with Crippen molar-refractivity contribution in [1.29, 1.82) is 0 Å². The van der Waals surface area contributed by atoms with E-state index in [2.05, 4.69) is 5.32 Å². The third kappa shape index (κ3) is 3.64. The van der Waals surface area contributed by atoms with Gasteiger partial charge in [0.15, 0.2) is 0 Å². The van der Waals surface area contributed by atoms with Crippen LogP contribution in [0.15, 0.2) is 24.3 Å². The number of morpholine rings is 1. The number of anilines is 1. The Kier molecular flexibility index (Phi) is 4.94. The molecular formula is C16H19F2N3O3. The molecule has 0 spiro atoms. The third-order valence-electron chi connectivity index (χ3n) is 4.19. The number of benzene rings is 1. The molecule has 0 radical (unpaired) electrons. The zero-order valence-electron chi connectivity index (χ0n) is 13.1. The highest BCUT2D eigenvalue weighted by atomic mass is 19.1. The third-order valence-corrected chi connectivity index (χ3v) is 4.19. The van der Waals surface area contributed by atoms with Crippen LogP contribution in [0.5, 0.6) is 0 Å². The van der Waals surface area contributed by atoms with E-state index in [1.807, 2.05) is 0 Å². The second-order valence-corrected chi connectivity index (χ2v) is 5.88. The number of ether oxygens (including phenoxy) is 1. The number of nitrogens with one attached hydrogen (secondary N) is 1. The number of hydrogen-bond donors (Lipinski definition) is 1. The molecule has 2 heterocycles. The Bertz CT molecular complexity index is 622. The van der Waals surface area contributed by atoms with Crippen molar-refractivity contribution in [2.75, 3.05) is 38.2 Å². The molecule has 0 saturated carbocycles. The molecular weight excluding hydrogens is 320 g/mol. The average molecular weight is 339 g/mol. The molecule has 1 aromatic carbocycles. The van der Waals surface area contributed by atoms with Crippen LogP contribution < -0.4 is 5.32 Å². The van der Waals surface area contributed by atoms with Crippen LogP contribution >= 0.6 is 0 Å². The molecule has 3 rings (SSSR count). The SMILES string of the molecule is O=C([C@@H]1C[C@H](F)CN1C(=O)Nc1cccc(F)c1)N1CCOCC1. The summed E-state index contributed by atoms with van der Waals surface area (Å²) in [7, 11) is 0. The normalized spacial score (nSPS) is 24.1. The van der Waals surface area contributed by atoms with Gasteiger partial charge >= 0.3 is 6.03 Å². The van der Waals surface area contributed by atoms with Crippen molar-refractivity contribution in [3.05, 3.63) is 30.1 Å². The maximum absolute atomic E-state index is 13.8. The Balaban J connectivity index is 1.69. The first-order valence-electron chi connectivity index (χ1n) is 7.88. The van der Waals surface area contributed by atoms with Crippen LogP contribution in [0.4, 0.5) is 19.3 Å².